The molecule has 0 aliphatic rings. The van der Waals surface area contributed by atoms with E-state index >= 15 is 0 Å². The van der Waals surface area contributed by atoms with Gasteiger partial charge >= 0.3 is 0 Å². The van der Waals surface area contributed by atoms with E-state index in [-0.39, 0.29) is 5.78 Å². The first-order valence-electron chi connectivity index (χ1n) is 5.04. The first-order valence-corrected chi connectivity index (χ1v) is 7.04. The van der Waals surface area contributed by atoms with Crippen LogP contribution < -0.4 is 0 Å². The van der Waals surface area contributed by atoms with Crippen LogP contribution in [-0.2, 0) is 6.42 Å². The Balaban J connectivity index is 2.19. The first kappa shape index (κ1) is 11.6. The molecule has 0 aliphatic carbocycles. The molecule has 0 aliphatic heterocycles. The van der Waals surface area contributed by atoms with E-state index in [1.807, 2.05) is 41.8 Å². The Morgan fingerprint density at radius 3 is 2.50 bits per heavy atom. The second-order valence-electron chi connectivity index (χ2n) is 3.44. The second-order valence-corrected chi connectivity index (χ2v) is 5.18. The third-order valence-electron chi connectivity index (χ3n) is 2.34. The predicted octanol–water partition coefficient (Wildman–Crippen LogP) is 3.92. The topological polar surface area (TPSA) is 17.1 Å². The predicted molar refractivity (Wildman–Crippen MR) is 71.7 cm³/mol. The molecular formula is C13H11BrOS. The second kappa shape index (κ2) is 5.41. The van der Waals surface area contributed by atoms with Crippen LogP contribution >= 0.6 is 27.3 Å². The fourth-order valence-corrected chi connectivity index (χ4v) is 2.63. The van der Waals surface area contributed by atoms with Crippen LogP contribution in [0, 0.1) is 0 Å². The summed E-state index contributed by atoms with van der Waals surface area (Å²) in [5.41, 5.74) is 2.01. The maximum absolute atomic E-state index is 12.0. The lowest BCUT2D eigenvalue weighted by Crippen LogP contribution is -1.98. The Bertz CT molecular complexity index is 459. The van der Waals surface area contributed by atoms with Gasteiger partial charge in [-0.15, -0.1) is 11.3 Å². The van der Waals surface area contributed by atoms with Crippen molar-refractivity contribution >= 4 is 33.0 Å². The minimum absolute atomic E-state index is 0.111. The van der Waals surface area contributed by atoms with Gasteiger partial charge in [-0.05, 0) is 23.4 Å². The van der Waals surface area contributed by atoms with Crippen molar-refractivity contribution in [3.05, 3.63) is 57.8 Å². The van der Waals surface area contributed by atoms with Crippen LogP contribution in [0.2, 0.25) is 0 Å². The first-order chi connectivity index (χ1) is 7.81. The van der Waals surface area contributed by atoms with Crippen molar-refractivity contribution in [1.82, 2.24) is 0 Å². The Kier molecular flexibility index (Phi) is 3.91. The molecule has 1 aromatic heterocycles. The van der Waals surface area contributed by atoms with E-state index in [1.54, 1.807) is 0 Å². The zero-order valence-electron chi connectivity index (χ0n) is 8.65. The molecule has 0 spiro atoms. The van der Waals surface area contributed by atoms with E-state index in [9.17, 15) is 4.79 Å². The van der Waals surface area contributed by atoms with E-state index in [1.165, 1.54) is 16.9 Å². The van der Waals surface area contributed by atoms with E-state index in [0.717, 1.165) is 22.2 Å². The molecular weight excluding hydrogens is 284 g/mol. The molecule has 2 aromatic rings. The number of carbonyl (C=O) groups excluding carboxylic acids is 1. The standard InChI is InChI=1S/C13H11BrOS/c14-8-7-10-3-5-11(6-4-10)13(15)12-2-1-9-16-12/h1-6,9H,7-8H2. The maximum Gasteiger partial charge on any atom is 0.202 e. The highest BCUT2D eigenvalue weighted by atomic mass is 79.9. The molecule has 1 aromatic carbocycles. The van der Waals surface area contributed by atoms with Crippen molar-refractivity contribution in [3.63, 3.8) is 0 Å². The summed E-state index contributed by atoms with van der Waals surface area (Å²) in [5, 5.41) is 2.87. The number of hydrogen-bond acceptors (Lipinski definition) is 2. The quantitative estimate of drug-likeness (QED) is 0.617. The molecule has 1 nitrogen and oxygen atoms in total. The van der Waals surface area contributed by atoms with Gasteiger partial charge in [0.1, 0.15) is 0 Å². The van der Waals surface area contributed by atoms with Crippen molar-refractivity contribution in [2.24, 2.45) is 0 Å². The highest BCUT2D eigenvalue weighted by molar-refractivity contribution is 9.09. The fraction of sp³-hybridized carbons (Fsp3) is 0.154. The molecule has 0 atom stereocenters. The Hall–Kier alpha value is -0.930. The normalized spacial score (nSPS) is 10.3. The smallest absolute Gasteiger partial charge is 0.202 e. The number of hydrogen-bond donors (Lipinski definition) is 0. The third-order valence-corrected chi connectivity index (χ3v) is 3.61. The van der Waals surface area contributed by atoms with Crippen molar-refractivity contribution in [3.8, 4) is 0 Å². The Labute approximate surface area is 107 Å². The molecule has 1 heterocycles. The lowest BCUT2D eigenvalue weighted by molar-refractivity contribution is 0.104. The molecule has 0 fully saturated rings. The summed E-state index contributed by atoms with van der Waals surface area (Å²) in [4.78, 5) is 12.8. The lowest BCUT2D eigenvalue weighted by atomic mass is 10.1. The van der Waals surface area contributed by atoms with E-state index in [4.69, 9.17) is 0 Å². The van der Waals surface area contributed by atoms with Gasteiger partial charge in [-0.3, -0.25) is 4.79 Å². The van der Waals surface area contributed by atoms with Crippen LogP contribution in [-0.4, -0.2) is 11.1 Å². The third kappa shape index (κ3) is 2.60. The number of aryl methyl sites for hydroxylation is 1. The van der Waals surface area contributed by atoms with Gasteiger partial charge in [-0.1, -0.05) is 46.3 Å². The zero-order valence-corrected chi connectivity index (χ0v) is 11.1. The van der Waals surface area contributed by atoms with Gasteiger partial charge in [0, 0.05) is 10.9 Å². The Morgan fingerprint density at radius 2 is 1.94 bits per heavy atom. The van der Waals surface area contributed by atoms with Gasteiger partial charge < -0.3 is 0 Å². The highest BCUT2D eigenvalue weighted by Crippen LogP contribution is 2.15. The monoisotopic (exact) mass is 294 g/mol. The van der Waals surface area contributed by atoms with Crippen molar-refractivity contribution in [1.29, 1.82) is 0 Å². The molecule has 16 heavy (non-hydrogen) atoms. The summed E-state index contributed by atoms with van der Waals surface area (Å²) in [7, 11) is 0. The van der Waals surface area contributed by atoms with Gasteiger partial charge in [0.05, 0.1) is 4.88 Å². The summed E-state index contributed by atoms with van der Waals surface area (Å²) in [5.74, 6) is 0.111. The van der Waals surface area contributed by atoms with Crippen LogP contribution in [0.15, 0.2) is 41.8 Å². The van der Waals surface area contributed by atoms with Crippen molar-refractivity contribution in [2.45, 2.75) is 6.42 Å². The fourth-order valence-electron chi connectivity index (χ4n) is 1.48. The minimum Gasteiger partial charge on any atom is -0.288 e. The average Bonchev–Trinajstić information content (AvgIpc) is 2.83. The number of carbonyl (C=O) groups is 1. The van der Waals surface area contributed by atoms with Gasteiger partial charge in [0.2, 0.25) is 5.78 Å². The van der Waals surface area contributed by atoms with E-state index < -0.39 is 0 Å². The molecule has 0 radical (unpaired) electrons. The average molecular weight is 295 g/mol. The SMILES string of the molecule is O=C(c1ccc(CCBr)cc1)c1cccs1. The van der Waals surface area contributed by atoms with Crippen LogP contribution in [0.4, 0.5) is 0 Å². The molecule has 0 N–H and O–H groups in total. The maximum atomic E-state index is 12.0. The molecule has 0 saturated carbocycles. The summed E-state index contributed by atoms with van der Waals surface area (Å²) in [6.45, 7) is 0. The summed E-state index contributed by atoms with van der Waals surface area (Å²) in [6, 6.07) is 11.6. The van der Waals surface area contributed by atoms with Gasteiger partial charge in [0.25, 0.3) is 0 Å². The molecule has 0 unspecified atom stereocenters. The molecule has 0 saturated heterocycles. The van der Waals surface area contributed by atoms with Crippen LogP contribution in [0.5, 0.6) is 0 Å². The molecule has 82 valence electrons. The highest BCUT2D eigenvalue weighted by Gasteiger charge is 2.09. The number of alkyl halides is 1. The molecule has 0 amide bonds. The van der Waals surface area contributed by atoms with Crippen LogP contribution in [0.1, 0.15) is 20.8 Å². The van der Waals surface area contributed by atoms with E-state index in [2.05, 4.69) is 15.9 Å². The number of rotatable bonds is 4. The number of ketones is 1. The molecule has 3 heteroatoms. The number of thiophene rings is 1. The lowest BCUT2D eigenvalue weighted by Gasteiger charge is -2.00. The molecule has 0 bridgehead atoms. The van der Waals surface area contributed by atoms with Gasteiger partial charge in [-0.2, -0.15) is 0 Å². The summed E-state index contributed by atoms with van der Waals surface area (Å²) < 4.78 is 0. The van der Waals surface area contributed by atoms with Gasteiger partial charge in [0.15, 0.2) is 0 Å². The molecule has 2 rings (SSSR count). The van der Waals surface area contributed by atoms with Crippen molar-refractivity contribution < 1.29 is 4.79 Å². The van der Waals surface area contributed by atoms with Crippen LogP contribution in [0.25, 0.3) is 0 Å². The minimum atomic E-state index is 0.111. The summed E-state index contributed by atoms with van der Waals surface area (Å²) >= 11 is 4.88. The largest absolute Gasteiger partial charge is 0.288 e. The number of benzene rings is 1. The number of halogens is 1. The zero-order chi connectivity index (χ0) is 11.4. The van der Waals surface area contributed by atoms with Gasteiger partial charge in [-0.25, -0.2) is 0 Å². The van der Waals surface area contributed by atoms with E-state index in [0.29, 0.717) is 0 Å². The Morgan fingerprint density at radius 1 is 1.19 bits per heavy atom. The van der Waals surface area contributed by atoms with Crippen LogP contribution in [0.3, 0.4) is 0 Å². The summed E-state index contributed by atoms with van der Waals surface area (Å²) in [6.07, 6.45) is 0.994. The van der Waals surface area contributed by atoms with Crippen molar-refractivity contribution in [2.75, 3.05) is 5.33 Å².